The topological polar surface area (TPSA) is 86.9 Å². The molecule has 0 aliphatic carbocycles. The third kappa shape index (κ3) is 2.90. The van der Waals surface area contributed by atoms with Crippen molar-refractivity contribution in [1.82, 2.24) is 29.9 Å². The van der Waals surface area contributed by atoms with Crippen LogP contribution in [-0.2, 0) is 35.3 Å². The van der Waals surface area contributed by atoms with Gasteiger partial charge in [-0.1, -0.05) is 30.3 Å². The molecule has 2 aromatic heterocycles. The molecule has 0 saturated carbocycles. The maximum absolute atomic E-state index is 13.3. The van der Waals surface area contributed by atoms with Gasteiger partial charge in [-0.05, 0) is 20.8 Å². The summed E-state index contributed by atoms with van der Waals surface area (Å²) in [6.45, 7) is 6.82. The van der Waals surface area contributed by atoms with Gasteiger partial charge in [0.1, 0.15) is 12.1 Å². The number of amides is 1. The lowest BCUT2D eigenvalue weighted by Gasteiger charge is -2.35. The molecule has 0 saturated heterocycles. The second-order valence-corrected chi connectivity index (χ2v) is 7.36. The molecule has 8 nitrogen and oxygen atoms in total. The number of carbonyl (C=O) groups is 1. The number of rotatable bonds is 4. The number of ether oxygens (including phenoxy) is 1. The molecule has 0 bridgehead atoms. The molecule has 3 heterocycles. The second kappa shape index (κ2) is 6.87. The fourth-order valence-corrected chi connectivity index (χ4v) is 3.71. The van der Waals surface area contributed by atoms with Crippen LogP contribution >= 0.6 is 0 Å². The molecule has 1 N–H and O–H groups in total. The molecule has 1 amide bonds. The molecule has 1 aliphatic heterocycles. The number of benzene rings is 1. The van der Waals surface area contributed by atoms with Crippen LogP contribution in [0.5, 0.6) is 0 Å². The van der Waals surface area contributed by atoms with Crippen LogP contribution in [0.2, 0.25) is 0 Å². The van der Waals surface area contributed by atoms with E-state index in [1.807, 2.05) is 67.4 Å². The first-order valence-corrected chi connectivity index (χ1v) is 9.27. The number of hydrogen-bond donors (Lipinski definition) is 1. The van der Waals surface area contributed by atoms with E-state index in [4.69, 9.17) is 4.74 Å². The molecule has 146 valence electrons. The Morgan fingerprint density at radius 2 is 2.00 bits per heavy atom. The summed E-state index contributed by atoms with van der Waals surface area (Å²) in [5.74, 6) is 1.19. The molecular formula is C20H24N6O2. The number of aryl methyl sites for hydroxylation is 2. The van der Waals surface area contributed by atoms with Crippen LogP contribution in [0.4, 0.5) is 0 Å². The molecule has 0 radical (unpaired) electrons. The van der Waals surface area contributed by atoms with Gasteiger partial charge in [0.2, 0.25) is 5.91 Å². The lowest BCUT2D eigenvalue weighted by atomic mass is 9.99. The summed E-state index contributed by atoms with van der Waals surface area (Å²) in [5.41, 5.74) is 2.97. The quantitative estimate of drug-likeness (QED) is 0.747. The Kier molecular flexibility index (Phi) is 4.50. The van der Waals surface area contributed by atoms with E-state index in [1.54, 1.807) is 0 Å². The highest BCUT2D eigenvalue weighted by atomic mass is 16.5. The molecule has 1 unspecified atom stereocenters. The highest BCUT2D eigenvalue weighted by Gasteiger charge is 2.42. The van der Waals surface area contributed by atoms with Gasteiger partial charge in [-0.15, -0.1) is 10.2 Å². The molecule has 3 aromatic rings. The van der Waals surface area contributed by atoms with E-state index in [0.29, 0.717) is 24.8 Å². The van der Waals surface area contributed by atoms with E-state index in [1.165, 1.54) is 0 Å². The number of nitrogens with zero attached hydrogens (tertiary/aromatic N) is 5. The summed E-state index contributed by atoms with van der Waals surface area (Å²) in [7, 11) is 1.90. The Morgan fingerprint density at radius 3 is 2.68 bits per heavy atom. The van der Waals surface area contributed by atoms with Crippen LogP contribution in [0.1, 0.15) is 29.7 Å². The van der Waals surface area contributed by atoms with E-state index in [-0.39, 0.29) is 12.5 Å². The predicted molar refractivity (Wildman–Crippen MR) is 103 cm³/mol. The zero-order valence-electron chi connectivity index (χ0n) is 16.6. The van der Waals surface area contributed by atoms with E-state index >= 15 is 0 Å². The van der Waals surface area contributed by atoms with Crippen LogP contribution < -0.4 is 5.32 Å². The number of fused-ring (bicyclic) bond motifs is 1. The largest absolute Gasteiger partial charge is 0.370 e. The van der Waals surface area contributed by atoms with Crippen molar-refractivity contribution < 1.29 is 9.53 Å². The minimum atomic E-state index is -0.938. The fraction of sp³-hybridized carbons (Fsp3) is 0.400. The van der Waals surface area contributed by atoms with Gasteiger partial charge >= 0.3 is 0 Å². The monoisotopic (exact) mass is 380 g/mol. The number of carbonyl (C=O) groups excluding carboxylic acids is 1. The van der Waals surface area contributed by atoms with Gasteiger partial charge in [0.05, 0.1) is 12.3 Å². The molecule has 4 rings (SSSR count). The number of hydrogen-bond acceptors (Lipinski definition) is 5. The van der Waals surface area contributed by atoms with Gasteiger partial charge in [0.25, 0.3) is 0 Å². The van der Waals surface area contributed by atoms with Crippen LogP contribution in [-0.4, -0.2) is 37.1 Å². The van der Waals surface area contributed by atoms with Crippen molar-refractivity contribution in [3.8, 4) is 11.4 Å². The van der Waals surface area contributed by atoms with Crippen molar-refractivity contribution in [3.63, 3.8) is 0 Å². The van der Waals surface area contributed by atoms with Crippen LogP contribution in [0.15, 0.2) is 30.3 Å². The van der Waals surface area contributed by atoms with Crippen molar-refractivity contribution >= 4 is 5.91 Å². The molecule has 28 heavy (non-hydrogen) atoms. The molecule has 1 aromatic carbocycles. The molecule has 1 atom stereocenters. The van der Waals surface area contributed by atoms with Crippen molar-refractivity contribution in [1.29, 1.82) is 0 Å². The lowest BCUT2D eigenvalue weighted by Crippen LogP contribution is -2.52. The second-order valence-electron chi connectivity index (χ2n) is 7.36. The number of aromatic nitrogens is 5. The van der Waals surface area contributed by atoms with Crippen LogP contribution in [0.25, 0.3) is 11.4 Å². The predicted octanol–water partition coefficient (Wildman–Crippen LogP) is 1.86. The van der Waals surface area contributed by atoms with E-state index in [2.05, 4.69) is 20.6 Å². The SMILES string of the molecule is Cc1nn(C)c(C)c1CNC(=O)C1(C)COCc2nnc(-c3ccccc3)n21. The molecule has 1 aliphatic rings. The molecule has 0 fully saturated rings. The Bertz CT molecular complexity index is 1020. The maximum Gasteiger partial charge on any atom is 0.248 e. The molecule has 8 heteroatoms. The highest BCUT2D eigenvalue weighted by Crippen LogP contribution is 2.31. The third-order valence-corrected chi connectivity index (χ3v) is 5.44. The first-order chi connectivity index (χ1) is 13.4. The van der Waals surface area contributed by atoms with E-state index in [9.17, 15) is 4.79 Å². The Balaban J connectivity index is 1.65. The minimum Gasteiger partial charge on any atom is -0.370 e. The minimum absolute atomic E-state index is 0.131. The first kappa shape index (κ1) is 18.4. The van der Waals surface area contributed by atoms with Crippen molar-refractivity contribution in [2.45, 2.75) is 39.5 Å². The van der Waals surface area contributed by atoms with Crippen molar-refractivity contribution in [3.05, 3.63) is 53.1 Å². The Labute approximate surface area is 163 Å². The van der Waals surface area contributed by atoms with Gasteiger partial charge < -0.3 is 10.1 Å². The Hall–Kier alpha value is -3.00. The van der Waals surface area contributed by atoms with Crippen molar-refractivity contribution in [2.24, 2.45) is 7.05 Å². The Morgan fingerprint density at radius 1 is 1.25 bits per heavy atom. The molecule has 0 spiro atoms. The van der Waals surface area contributed by atoms with Crippen LogP contribution in [0, 0.1) is 13.8 Å². The normalized spacial score (nSPS) is 18.7. The summed E-state index contributed by atoms with van der Waals surface area (Å²) in [6, 6.07) is 9.77. The maximum atomic E-state index is 13.3. The summed E-state index contributed by atoms with van der Waals surface area (Å²) in [4.78, 5) is 13.3. The fourth-order valence-electron chi connectivity index (χ4n) is 3.71. The average Bonchev–Trinajstić information content (AvgIpc) is 3.23. The zero-order chi connectivity index (χ0) is 19.9. The summed E-state index contributed by atoms with van der Waals surface area (Å²) in [5, 5.41) is 16.1. The average molecular weight is 380 g/mol. The summed E-state index contributed by atoms with van der Waals surface area (Å²) in [6.07, 6.45) is 0. The van der Waals surface area contributed by atoms with Gasteiger partial charge in [-0.3, -0.25) is 14.0 Å². The standard InChI is InChI=1S/C20H24N6O2/c1-13-16(14(2)25(4)24-13)10-21-19(27)20(3)12-28-11-17-22-23-18(26(17)20)15-8-6-5-7-9-15/h5-9H,10-12H2,1-4H3,(H,21,27). The van der Waals surface area contributed by atoms with Gasteiger partial charge in [0, 0.05) is 30.4 Å². The van der Waals surface area contributed by atoms with Gasteiger partial charge in [0.15, 0.2) is 11.6 Å². The summed E-state index contributed by atoms with van der Waals surface area (Å²) >= 11 is 0. The van der Waals surface area contributed by atoms with Crippen molar-refractivity contribution in [2.75, 3.05) is 6.61 Å². The van der Waals surface area contributed by atoms with Crippen LogP contribution in [0.3, 0.4) is 0 Å². The first-order valence-electron chi connectivity index (χ1n) is 9.27. The van der Waals surface area contributed by atoms with E-state index in [0.717, 1.165) is 22.5 Å². The highest BCUT2D eigenvalue weighted by molar-refractivity contribution is 5.85. The third-order valence-electron chi connectivity index (χ3n) is 5.44. The zero-order valence-corrected chi connectivity index (χ0v) is 16.6. The smallest absolute Gasteiger partial charge is 0.248 e. The van der Waals surface area contributed by atoms with E-state index < -0.39 is 5.54 Å². The molecular weight excluding hydrogens is 356 g/mol. The van der Waals surface area contributed by atoms with Gasteiger partial charge in [-0.25, -0.2) is 0 Å². The number of nitrogens with one attached hydrogen (secondary N) is 1. The van der Waals surface area contributed by atoms with Gasteiger partial charge in [-0.2, -0.15) is 5.10 Å². The summed E-state index contributed by atoms with van der Waals surface area (Å²) < 4.78 is 9.42. The lowest BCUT2D eigenvalue weighted by molar-refractivity contribution is -0.135.